The van der Waals surface area contributed by atoms with Crippen LogP contribution in [0.25, 0.3) is 0 Å². The summed E-state index contributed by atoms with van der Waals surface area (Å²) in [6.07, 6.45) is 0. The van der Waals surface area contributed by atoms with E-state index < -0.39 is 0 Å². The molecule has 19 heavy (non-hydrogen) atoms. The molecule has 0 heterocycles. The minimum atomic E-state index is 0.596. The maximum atomic E-state index is 5.87. The van der Waals surface area contributed by atoms with E-state index in [-0.39, 0.29) is 0 Å². The molecule has 0 bridgehead atoms. The second-order valence-electron chi connectivity index (χ2n) is 4.18. The van der Waals surface area contributed by atoms with Crippen molar-refractivity contribution in [3.8, 4) is 17.2 Å². The quantitative estimate of drug-likeness (QED) is 0.841. The van der Waals surface area contributed by atoms with Crippen LogP contribution in [0.1, 0.15) is 12.5 Å². The standard InChI is InChI=1S/C15H16BrNO2/c1-3-18-13-7-12(17)8-14(9-13)19-15-6-11(16)5-4-10(15)2/h4-9H,3,17H2,1-2H3. The fourth-order valence-corrected chi connectivity index (χ4v) is 2.05. The van der Waals surface area contributed by atoms with Crippen molar-refractivity contribution in [1.82, 2.24) is 0 Å². The van der Waals surface area contributed by atoms with Crippen LogP contribution in [0.2, 0.25) is 0 Å². The number of hydrogen-bond acceptors (Lipinski definition) is 3. The van der Waals surface area contributed by atoms with Crippen LogP contribution in [0.5, 0.6) is 17.2 Å². The van der Waals surface area contributed by atoms with Crippen LogP contribution < -0.4 is 15.2 Å². The number of halogens is 1. The van der Waals surface area contributed by atoms with Gasteiger partial charge < -0.3 is 15.2 Å². The Bertz CT molecular complexity index is 584. The summed E-state index contributed by atoms with van der Waals surface area (Å²) in [6.45, 7) is 4.53. The average molecular weight is 322 g/mol. The van der Waals surface area contributed by atoms with Crippen LogP contribution in [-0.2, 0) is 0 Å². The van der Waals surface area contributed by atoms with Gasteiger partial charge >= 0.3 is 0 Å². The molecule has 2 aromatic carbocycles. The van der Waals surface area contributed by atoms with Gasteiger partial charge in [-0.15, -0.1) is 0 Å². The zero-order valence-electron chi connectivity index (χ0n) is 10.9. The number of anilines is 1. The van der Waals surface area contributed by atoms with Gasteiger partial charge in [0.05, 0.1) is 6.61 Å². The Morgan fingerprint density at radius 1 is 1.11 bits per heavy atom. The third kappa shape index (κ3) is 3.64. The third-order valence-electron chi connectivity index (χ3n) is 2.59. The first-order chi connectivity index (χ1) is 9.08. The smallest absolute Gasteiger partial charge is 0.133 e. The maximum Gasteiger partial charge on any atom is 0.133 e. The molecule has 2 rings (SSSR count). The van der Waals surface area contributed by atoms with Crippen molar-refractivity contribution < 1.29 is 9.47 Å². The van der Waals surface area contributed by atoms with Crippen molar-refractivity contribution in [2.75, 3.05) is 12.3 Å². The van der Waals surface area contributed by atoms with E-state index in [1.54, 1.807) is 12.1 Å². The maximum absolute atomic E-state index is 5.87. The highest BCUT2D eigenvalue weighted by atomic mass is 79.9. The number of hydrogen-bond donors (Lipinski definition) is 1. The van der Waals surface area contributed by atoms with Crippen molar-refractivity contribution in [3.05, 3.63) is 46.4 Å². The Hall–Kier alpha value is -1.68. The van der Waals surface area contributed by atoms with Gasteiger partial charge in [0.15, 0.2) is 0 Å². The van der Waals surface area contributed by atoms with Gasteiger partial charge in [-0.2, -0.15) is 0 Å². The van der Waals surface area contributed by atoms with Crippen molar-refractivity contribution in [1.29, 1.82) is 0 Å². The lowest BCUT2D eigenvalue weighted by Gasteiger charge is -2.11. The van der Waals surface area contributed by atoms with Crippen molar-refractivity contribution in [2.45, 2.75) is 13.8 Å². The molecule has 0 saturated heterocycles. The first-order valence-electron chi connectivity index (χ1n) is 6.06. The van der Waals surface area contributed by atoms with Gasteiger partial charge in [0, 0.05) is 28.4 Å². The largest absolute Gasteiger partial charge is 0.494 e. The van der Waals surface area contributed by atoms with E-state index in [2.05, 4.69) is 15.9 Å². The molecule has 0 aliphatic rings. The fourth-order valence-electron chi connectivity index (χ4n) is 1.71. The lowest BCUT2D eigenvalue weighted by Crippen LogP contribution is -1.95. The summed E-state index contributed by atoms with van der Waals surface area (Å²) >= 11 is 3.43. The molecule has 0 spiro atoms. The second-order valence-corrected chi connectivity index (χ2v) is 5.10. The number of nitrogens with two attached hydrogens (primary N) is 1. The number of benzene rings is 2. The van der Waals surface area contributed by atoms with Gasteiger partial charge in [-0.05, 0) is 31.5 Å². The highest BCUT2D eigenvalue weighted by Gasteiger charge is 2.05. The fraction of sp³-hybridized carbons (Fsp3) is 0.200. The molecule has 0 atom stereocenters. The summed E-state index contributed by atoms with van der Waals surface area (Å²) < 4.78 is 12.3. The molecule has 0 unspecified atom stereocenters. The molecule has 0 aliphatic heterocycles. The predicted molar refractivity (Wildman–Crippen MR) is 81.0 cm³/mol. The Labute approximate surface area is 121 Å². The SMILES string of the molecule is CCOc1cc(N)cc(Oc2cc(Br)ccc2C)c1. The number of ether oxygens (including phenoxy) is 2. The molecule has 4 heteroatoms. The van der Waals surface area contributed by atoms with Crippen LogP contribution in [0, 0.1) is 6.92 Å². The highest BCUT2D eigenvalue weighted by molar-refractivity contribution is 9.10. The first kappa shape index (κ1) is 13.7. The second kappa shape index (κ2) is 5.97. The van der Waals surface area contributed by atoms with E-state index in [1.807, 2.05) is 38.1 Å². The van der Waals surface area contributed by atoms with Crippen LogP contribution in [0.15, 0.2) is 40.9 Å². The van der Waals surface area contributed by atoms with E-state index in [4.69, 9.17) is 15.2 Å². The topological polar surface area (TPSA) is 44.5 Å². The Balaban J connectivity index is 2.29. The summed E-state index contributed by atoms with van der Waals surface area (Å²) in [5.41, 5.74) is 7.52. The van der Waals surface area contributed by atoms with E-state index in [0.717, 1.165) is 15.8 Å². The minimum absolute atomic E-state index is 0.596. The van der Waals surface area contributed by atoms with Crippen molar-refractivity contribution >= 4 is 21.6 Å². The molecular formula is C15H16BrNO2. The molecule has 2 aromatic rings. The molecule has 3 nitrogen and oxygen atoms in total. The summed E-state index contributed by atoms with van der Waals surface area (Å²) in [5.74, 6) is 2.18. The summed E-state index contributed by atoms with van der Waals surface area (Å²) in [7, 11) is 0. The molecule has 0 aliphatic carbocycles. The molecule has 0 saturated carbocycles. The lowest BCUT2D eigenvalue weighted by atomic mass is 10.2. The molecule has 0 aromatic heterocycles. The number of nitrogen functional groups attached to an aromatic ring is 1. The Morgan fingerprint density at radius 2 is 1.84 bits per heavy atom. The zero-order chi connectivity index (χ0) is 13.8. The van der Waals surface area contributed by atoms with Crippen LogP contribution in [0.4, 0.5) is 5.69 Å². The predicted octanol–water partition coefficient (Wildman–Crippen LogP) is 4.53. The summed E-state index contributed by atoms with van der Waals surface area (Å²) in [4.78, 5) is 0. The van der Waals surface area contributed by atoms with Crippen molar-refractivity contribution in [3.63, 3.8) is 0 Å². The van der Waals surface area contributed by atoms with Gasteiger partial charge in [0.25, 0.3) is 0 Å². The molecule has 0 amide bonds. The van der Waals surface area contributed by atoms with E-state index >= 15 is 0 Å². The van der Waals surface area contributed by atoms with E-state index in [9.17, 15) is 0 Å². The Morgan fingerprint density at radius 3 is 2.58 bits per heavy atom. The minimum Gasteiger partial charge on any atom is -0.494 e. The van der Waals surface area contributed by atoms with Crippen LogP contribution in [0.3, 0.4) is 0 Å². The average Bonchev–Trinajstić information content (AvgIpc) is 2.33. The van der Waals surface area contributed by atoms with Crippen molar-refractivity contribution in [2.24, 2.45) is 0 Å². The monoisotopic (exact) mass is 321 g/mol. The van der Waals surface area contributed by atoms with Gasteiger partial charge in [-0.1, -0.05) is 22.0 Å². The molecule has 2 N–H and O–H groups in total. The van der Waals surface area contributed by atoms with Gasteiger partial charge in [-0.3, -0.25) is 0 Å². The van der Waals surface area contributed by atoms with Crippen LogP contribution >= 0.6 is 15.9 Å². The number of aryl methyl sites for hydroxylation is 1. The van der Waals surface area contributed by atoms with Gasteiger partial charge in [0.1, 0.15) is 17.2 Å². The molecule has 0 radical (unpaired) electrons. The number of rotatable bonds is 4. The molecule has 100 valence electrons. The highest BCUT2D eigenvalue weighted by Crippen LogP contribution is 2.31. The third-order valence-corrected chi connectivity index (χ3v) is 3.08. The molecule has 0 fully saturated rings. The Kier molecular flexibility index (Phi) is 4.32. The zero-order valence-corrected chi connectivity index (χ0v) is 12.5. The van der Waals surface area contributed by atoms with Crippen LogP contribution in [-0.4, -0.2) is 6.61 Å². The molecular weight excluding hydrogens is 306 g/mol. The summed E-state index contributed by atoms with van der Waals surface area (Å²) in [5, 5.41) is 0. The van der Waals surface area contributed by atoms with E-state index in [1.165, 1.54) is 0 Å². The first-order valence-corrected chi connectivity index (χ1v) is 6.85. The van der Waals surface area contributed by atoms with Gasteiger partial charge in [-0.25, -0.2) is 0 Å². The van der Waals surface area contributed by atoms with E-state index in [0.29, 0.717) is 23.8 Å². The normalized spacial score (nSPS) is 10.3. The van der Waals surface area contributed by atoms with Gasteiger partial charge in [0.2, 0.25) is 0 Å². The lowest BCUT2D eigenvalue weighted by molar-refractivity contribution is 0.338. The summed E-state index contributed by atoms with van der Waals surface area (Å²) in [6, 6.07) is 11.3.